The van der Waals surface area contributed by atoms with Crippen molar-refractivity contribution in [3.05, 3.63) is 93.9 Å². The van der Waals surface area contributed by atoms with Crippen LogP contribution in [0.15, 0.2) is 71.5 Å². The summed E-state index contributed by atoms with van der Waals surface area (Å²) < 4.78 is 3.40. The van der Waals surface area contributed by atoms with E-state index in [1.54, 1.807) is 27.6 Å². The number of hydrogen-bond acceptors (Lipinski definition) is 2. The van der Waals surface area contributed by atoms with Crippen molar-refractivity contribution in [1.82, 2.24) is 9.36 Å². The lowest BCUT2D eigenvalue weighted by atomic mass is 10.1. The molecule has 0 aliphatic heterocycles. The first kappa shape index (κ1) is 15.7. The number of hydrogen-bond donors (Lipinski definition) is 0. The van der Waals surface area contributed by atoms with Crippen LogP contribution in [0.25, 0.3) is 11.8 Å². The van der Waals surface area contributed by atoms with Gasteiger partial charge in [0.25, 0.3) is 5.56 Å². The average Bonchev–Trinajstić information content (AvgIpc) is 2.83. The van der Waals surface area contributed by atoms with E-state index >= 15 is 0 Å². The highest BCUT2D eigenvalue weighted by Gasteiger charge is 2.14. The van der Waals surface area contributed by atoms with Crippen LogP contribution in [0.4, 0.5) is 0 Å². The number of ketones is 1. The number of benzene rings is 2. The summed E-state index contributed by atoms with van der Waals surface area (Å²) in [4.78, 5) is 24.9. The van der Waals surface area contributed by atoms with Crippen LogP contribution < -0.4 is 5.56 Å². The minimum atomic E-state index is -0.140. The Hall–Kier alpha value is -3.14. The molecule has 3 aromatic rings. The molecule has 1 heterocycles. The van der Waals surface area contributed by atoms with Gasteiger partial charge in [-0.15, -0.1) is 0 Å². The van der Waals surface area contributed by atoms with E-state index in [4.69, 9.17) is 0 Å². The second-order valence-corrected chi connectivity index (χ2v) is 5.54. The van der Waals surface area contributed by atoms with Crippen LogP contribution in [0.3, 0.4) is 0 Å². The van der Waals surface area contributed by atoms with E-state index in [-0.39, 0.29) is 11.3 Å². The highest BCUT2D eigenvalue weighted by Crippen LogP contribution is 2.12. The van der Waals surface area contributed by atoms with Crippen LogP contribution in [0.2, 0.25) is 0 Å². The molecule has 2 aromatic carbocycles. The minimum Gasteiger partial charge on any atom is -0.289 e. The van der Waals surface area contributed by atoms with Crippen LogP contribution in [-0.2, 0) is 7.05 Å². The van der Waals surface area contributed by atoms with E-state index in [9.17, 15) is 9.59 Å². The first-order valence-electron chi connectivity index (χ1n) is 7.71. The van der Waals surface area contributed by atoms with Gasteiger partial charge in [-0.25, -0.2) is 4.68 Å². The van der Waals surface area contributed by atoms with Crippen LogP contribution in [-0.4, -0.2) is 15.1 Å². The van der Waals surface area contributed by atoms with Gasteiger partial charge in [-0.3, -0.25) is 14.3 Å². The third-order valence-corrected chi connectivity index (χ3v) is 4.06. The zero-order valence-electron chi connectivity index (χ0n) is 13.6. The van der Waals surface area contributed by atoms with Gasteiger partial charge in [0, 0.05) is 18.3 Å². The zero-order valence-corrected chi connectivity index (χ0v) is 13.6. The number of carbonyl (C=O) groups excluding carboxylic acids is 1. The molecular formula is C20H18N2O2. The van der Waals surface area contributed by atoms with Gasteiger partial charge in [-0.05, 0) is 31.2 Å². The van der Waals surface area contributed by atoms with E-state index in [0.29, 0.717) is 11.1 Å². The van der Waals surface area contributed by atoms with Crippen LogP contribution in [0.1, 0.15) is 21.6 Å². The predicted molar refractivity (Wildman–Crippen MR) is 95.6 cm³/mol. The lowest BCUT2D eigenvalue weighted by Gasteiger charge is -2.07. The van der Waals surface area contributed by atoms with Crippen molar-refractivity contribution < 1.29 is 4.79 Å². The summed E-state index contributed by atoms with van der Waals surface area (Å²) in [6, 6.07) is 18.4. The molecule has 120 valence electrons. The van der Waals surface area contributed by atoms with Crippen molar-refractivity contribution in [2.75, 3.05) is 0 Å². The fourth-order valence-electron chi connectivity index (χ4n) is 2.64. The molecule has 4 heteroatoms. The molecule has 0 aliphatic carbocycles. The van der Waals surface area contributed by atoms with E-state index in [1.807, 2.05) is 62.5 Å². The standard InChI is InChI=1S/C20H18N2O2/c1-15-18(13-14-19(23)16-9-5-3-6-10-16)20(24)22(21(15)2)17-11-7-4-8-12-17/h3-14H,1-2H3. The Balaban J connectivity index is 2.00. The summed E-state index contributed by atoms with van der Waals surface area (Å²) in [5.41, 5.74) is 2.58. The molecule has 3 rings (SSSR count). The second-order valence-electron chi connectivity index (χ2n) is 5.54. The summed E-state index contributed by atoms with van der Waals surface area (Å²) in [7, 11) is 1.83. The smallest absolute Gasteiger partial charge is 0.278 e. The highest BCUT2D eigenvalue weighted by atomic mass is 16.1. The van der Waals surface area contributed by atoms with Gasteiger partial charge in [0.15, 0.2) is 5.78 Å². The van der Waals surface area contributed by atoms with E-state index in [0.717, 1.165) is 11.4 Å². The number of carbonyl (C=O) groups is 1. The maximum atomic E-state index is 12.7. The van der Waals surface area contributed by atoms with E-state index < -0.39 is 0 Å². The lowest BCUT2D eigenvalue weighted by molar-refractivity contribution is 0.104. The van der Waals surface area contributed by atoms with E-state index in [1.165, 1.54) is 6.08 Å². The molecule has 4 nitrogen and oxygen atoms in total. The number of para-hydroxylation sites is 1. The molecule has 0 fully saturated rings. The Bertz CT molecular complexity index is 949. The fourth-order valence-corrected chi connectivity index (χ4v) is 2.64. The Labute approximate surface area is 140 Å². The van der Waals surface area contributed by atoms with Gasteiger partial charge in [0.2, 0.25) is 0 Å². The van der Waals surface area contributed by atoms with Crippen LogP contribution in [0, 0.1) is 6.92 Å². The van der Waals surface area contributed by atoms with Gasteiger partial charge in [-0.1, -0.05) is 48.5 Å². The summed E-state index contributed by atoms with van der Waals surface area (Å²) in [5.74, 6) is -0.121. The second kappa shape index (κ2) is 6.54. The normalized spacial score (nSPS) is 11.1. The molecule has 0 bridgehead atoms. The monoisotopic (exact) mass is 318 g/mol. The molecule has 0 unspecified atom stereocenters. The molecule has 0 amide bonds. The van der Waals surface area contributed by atoms with Gasteiger partial charge in [0.1, 0.15) is 0 Å². The SMILES string of the molecule is Cc1c(C=CC(=O)c2ccccc2)c(=O)n(-c2ccccc2)n1C. The first-order valence-corrected chi connectivity index (χ1v) is 7.71. The summed E-state index contributed by atoms with van der Waals surface area (Å²) >= 11 is 0. The first-order chi connectivity index (χ1) is 11.6. The minimum absolute atomic E-state index is 0.121. The summed E-state index contributed by atoms with van der Waals surface area (Å²) in [5, 5.41) is 0. The molecule has 1 aromatic heterocycles. The Morgan fingerprint density at radius 1 is 0.958 bits per heavy atom. The summed E-state index contributed by atoms with van der Waals surface area (Å²) in [6.07, 6.45) is 3.06. The molecule has 0 aliphatic rings. The van der Waals surface area contributed by atoms with Gasteiger partial charge in [-0.2, -0.15) is 0 Å². The van der Waals surface area contributed by atoms with Gasteiger partial charge >= 0.3 is 0 Å². The molecular weight excluding hydrogens is 300 g/mol. The molecule has 0 radical (unpaired) electrons. The topological polar surface area (TPSA) is 44.0 Å². The Morgan fingerprint density at radius 3 is 2.17 bits per heavy atom. The lowest BCUT2D eigenvalue weighted by Crippen LogP contribution is -2.20. The maximum Gasteiger partial charge on any atom is 0.278 e. The molecule has 0 spiro atoms. The third-order valence-electron chi connectivity index (χ3n) is 4.06. The van der Waals surface area contributed by atoms with Gasteiger partial charge < -0.3 is 0 Å². The van der Waals surface area contributed by atoms with Crippen molar-refractivity contribution in [3.8, 4) is 5.69 Å². The third kappa shape index (κ3) is 2.86. The highest BCUT2D eigenvalue weighted by molar-refractivity contribution is 6.06. The van der Waals surface area contributed by atoms with Crippen molar-refractivity contribution in [2.24, 2.45) is 7.05 Å². The van der Waals surface area contributed by atoms with E-state index in [2.05, 4.69) is 0 Å². The van der Waals surface area contributed by atoms with Crippen molar-refractivity contribution in [3.63, 3.8) is 0 Å². The quantitative estimate of drug-likeness (QED) is 0.547. The summed E-state index contributed by atoms with van der Waals surface area (Å²) in [6.45, 7) is 1.87. The largest absolute Gasteiger partial charge is 0.289 e. The molecule has 24 heavy (non-hydrogen) atoms. The van der Waals surface area contributed by atoms with Crippen molar-refractivity contribution in [1.29, 1.82) is 0 Å². The molecule has 0 N–H and O–H groups in total. The number of allylic oxidation sites excluding steroid dienone is 1. The molecule has 0 atom stereocenters. The Morgan fingerprint density at radius 2 is 1.54 bits per heavy atom. The average molecular weight is 318 g/mol. The molecule has 0 saturated heterocycles. The molecule has 0 saturated carbocycles. The number of aromatic nitrogens is 2. The zero-order chi connectivity index (χ0) is 17.1. The number of rotatable bonds is 4. The van der Waals surface area contributed by atoms with Crippen LogP contribution >= 0.6 is 0 Å². The van der Waals surface area contributed by atoms with Gasteiger partial charge in [0.05, 0.1) is 11.3 Å². The van der Waals surface area contributed by atoms with Crippen molar-refractivity contribution in [2.45, 2.75) is 6.92 Å². The fraction of sp³-hybridized carbons (Fsp3) is 0.100. The Kier molecular flexibility index (Phi) is 4.29. The van der Waals surface area contributed by atoms with Crippen LogP contribution in [0.5, 0.6) is 0 Å². The predicted octanol–water partition coefficient (Wildman–Crippen LogP) is 3.38. The van der Waals surface area contributed by atoms with Crippen molar-refractivity contribution >= 4 is 11.9 Å². The number of nitrogens with zero attached hydrogens (tertiary/aromatic N) is 2. The maximum absolute atomic E-state index is 12.7.